The SMILES string of the molecule is COc1ccc(CCC(O)(CC(C)C)CC(C)C)cc1. The summed E-state index contributed by atoms with van der Waals surface area (Å²) in [5.74, 6) is 1.93. The van der Waals surface area contributed by atoms with Gasteiger partial charge in [0.05, 0.1) is 12.7 Å². The fraction of sp³-hybridized carbons (Fsp3) is 0.667. The fourth-order valence-corrected chi connectivity index (χ4v) is 2.98. The number of benzene rings is 1. The van der Waals surface area contributed by atoms with Crippen LogP contribution in [-0.2, 0) is 6.42 Å². The topological polar surface area (TPSA) is 29.5 Å². The molecule has 0 radical (unpaired) electrons. The van der Waals surface area contributed by atoms with E-state index in [2.05, 4.69) is 39.8 Å². The Balaban J connectivity index is 2.64. The van der Waals surface area contributed by atoms with E-state index in [-0.39, 0.29) is 0 Å². The van der Waals surface area contributed by atoms with Crippen LogP contribution in [0.4, 0.5) is 0 Å². The molecular formula is C18H30O2. The molecule has 1 N–H and O–H groups in total. The van der Waals surface area contributed by atoms with E-state index in [0.29, 0.717) is 11.8 Å². The van der Waals surface area contributed by atoms with Crippen molar-refractivity contribution in [3.8, 4) is 5.75 Å². The molecule has 1 rings (SSSR count). The van der Waals surface area contributed by atoms with Gasteiger partial charge in [-0.15, -0.1) is 0 Å². The maximum Gasteiger partial charge on any atom is 0.118 e. The molecule has 1 aromatic rings. The molecule has 0 saturated carbocycles. The summed E-state index contributed by atoms with van der Waals surface area (Å²) in [6.45, 7) is 8.72. The van der Waals surface area contributed by atoms with Crippen LogP contribution < -0.4 is 4.74 Å². The summed E-state index contributed by atoms with van der Waals surface area (Å²) in [5.41, 5.74) is 0.721. The van der Waals surface area contributed by atoms with Crippen molar-refractivity contribution in [1.82, 2.24) is 0 Å². The second-order valence-electron chi connectivity index (χ2n) is 6.77. The number of methoxy groups -OCH3 is 1. The molecular weight excluding hydrogens is 248 g/mol. The summed E-state index contributed by atoms with van der Waals surface area (Å²) in [6.07, 6.45) is 3.50. The van der Waals surface area contributed by atoms with E-state index >= 15 is 0 Å². The van der Waals surface area contributed by atoms with Gasteiger partial charge in [-0.1, -0.05) is 39.8 Å². The third-order valence-electron chi connectivity index (χ3n) is 3.61. The predicted octanol–water partition coefficient (Wildman–Crippen LogP) is 4.45. The number of aryl methyl sites for hydroxylation is 1. The summed E-state index contributed by atoms with van der Waals surface area (Å²) in [7, 11) is 1.68. The minimum atomic E-state index is -0.539. The molecule has 0 atom stereocenters. The fourth-order valence-electron chi connectivity index (χ4n) is 2.98. The van der Waals surface area contributed by atoms with Crippen LogP contribution in [0.3, 0.4) is 0 Å². The van der Waals surface area contributed by atoms with Gasteiger partial charge in [-0.05, 0) is 55.2 Å². The molecule has 0 spiro atoms. The van der Waals surface area contributed by atoms with Crippen LogP contribution in [0, 0.1) is 11.8 Å². The zero-order valence-corrected chi connectivity index (χ0v) is 13.6. The van der Waals surface area contributed by atoms with Crippen LogP contribution >= 0.6 is 0 Å². The summed E-state index contributed by atoms with van der Waals surface area (Å²) >= 11 is 0. The van der Waals surface area contributed by atoms with Gasteiger partial charge in [0.1, 0.15) is 5.75 Å². The molecule has 2 heteroatoms. The van der Waals surface area contributed by atoms with Gasteiger partial charge in [0.25, 0.3) is 0 Å². The number of rotatable bonds is 8. The lowest BCUT2D eigenvalue weighted by atomic mass is 9.81. The molecule has 0 heterocycles. The molecule has 2 nitrogen and oxygen atoms in total. The van der Waals surface area contributed by atoms with E-state index in [1.165, 1.54) is 5.56 Å². The van der Waals surface area contributed by atoms with Crippen molar-refractivity contribution in [3.05, 3.63) is 29.8 Å². The smallest absolute Gasteiger partial charge is 0.118 e. The second kappa shape index (κ2) is 7.68. The average Bonchev–Trinajstić information content (AvgIpc) is 2.35. The summed E-state index contributed by atoms with van der Waals surface area (Å²) in [4.78, 5) is 0. The minimum Gasteiger partial charge on any atom is -0.497 e. The maximum absolute atomic E-state index is 10.9. The summed E-state index contributed by atoms with van der Waals surface area (Å²) < 4.78 is 5.17. The van der Waals surface area contributed by atoms with Crippen LogP contribution in [-0.4, -0.2) is 17.8 Å². The minimum absolute atomic E-state index is 0.523. The lowest BCUT2D eigenvalue weighted by Crippen LogP contribution is -2.33. The third kappa shape index (κ3) is 5.96. The normalized spacial score (nSPS) is 12.2. The Morgan fingerprint density at radius 2 is 1.50 bits per heavy atom. The van der Waals surface area contributed by atoms with Crippen LogP contribution in [0.5, 0.6) is 5.75 Å². The van der Waals surface area contributed by atoms with Crippen LogP contribution in [0.2, 0.25) is 0 Å². The molecule has 0 aliphatic carbocycles. The summed E-state index contributed by atoms with van der Waals surface area (Å²) in [6, 6.07) is 8.15. The highest BCUT2D eigenvalue weighted by Gasteiger charge is 2.28. The molecule has 0 amide bonds. The van der Waals surface area contributed by atoms with Gasteiger partial charge in [-0.3, -0.25) is 0 Å². The molecule has 1 aromatic carbocycles. The van der Waals surface area contributed by atoms with E-state index in [9.17, 15) is 5.11 Å². The lowest BCUT2D eigenvalue weighted by molar-refractivity contribution is -0.00706. The van der Waals surface area contributed by atoms with Crippen molar-refractivity contribution in [3.63, 3.8) is 0 Å². The van der Waals surface area contributed by atoms with E-state index in [1.54, 1.807) is 7.11 Å². The zero-order valence-electron chi connectivity index (χ0n) is 13.6. The second-order valence-corrected chi connectivity index (χ2v) is 6.77. The van der Waals surface area contributed by atoms with Crippen molar-refractivity contribution < 1.29 is 9.84 Å². The molecule has 0 bridgehead atoms. The highest BCUT2D eigenvalue weighted by atomic mass is 16.5. The van der Waals surface area contributed by atoms with Gasteiger partial charge >= 0.3 is 0 Å². The Bertz CT molecular complexity index is 369. The number of hydrogen-bond donors (Lipinski definition) is 1. The quantitative estimate of drug-likeness (QED) is 0.761. The van der Waals surface area contributed by atoms with Gasteiger partial charge in [0.15, 0.2) is 0 Å². The lowest BCUT2D eigenvalue weighted by Gasteiger charge is -2.32. The molecule has 0 saturated heterocycles. The third-order valence-corrected chi connectivity index (χ3v) is 3.61. The van der Waals surface area contributed by atoms with Crippen molar-refractivity contribution in [2.75, 3.05) is 7.11 Å². The van der Waals surface area contributed by atoms with Crippen molar-refractivity contribution in [2.45, 2.75) is 59.0 Å². The Morgan fingerprint density at radius 1 is 1.00 bits per heavy atom. The monoisotopic (exact) mass is 278 g/mol. The van der Waals surface area contributed by atoms with Gasteiger partial charge in [-0.25, -0.2) is 0 Å². The van der Waals surface area contributed by atoms with E-state index < -0.39 is 5.60 Å². The molecule has 0 aromatic heterocycles. The van der Waals surface area contributed by atoms with Crippen LogP contribution in [0.15, 0.2) is 24.3 Å². The molecule has 0 unspecified atom stereocenters. The highest BCUT2D eigenvalue weighted by molar-refractivity contribution is 5.27. The first-order valence-corrected chi connectivity index (χ1v) is 7.70. The zero-order chi connectivity index (χ0) is 15.2. The Labute approximate surface area is 124 Å². The number of ether oxygens (including phenoxy) is 1. The van der Waals surface area contributed by atoms with Gasteiger partial charge < -0.3 is 9.84 Å². The van der Waals surface area contributed by atoms with Gasteiger partial charge in [0, 0.05) is 0 Å². The van der Waals surface area contributed by atoms with Crippen LogP contribution in [0.1, 0.15) is 52.5 Å². The predicted molar refractivity (Wildman–Crippen MR) is 85.2 cm³/mol. The number of hydrogen-bond acceptors (Lipinski definition) is 2. The molecule has 114 valence electrons. The van der Waals surface area contributed by atoms with E-state index in [1.807, 2.05) is 12.1 Å². The van der Waals surface area contributed by atoms with Crippen molar-refractivity contribution in [1.29, 1.82) is 0 Å². The van der Waals surface area contributed by atoms with Crippen LogP contribution in [0.25, 0.3) is 0 Å². The van der Waals surface area contributed by atoms with Gasteiger partial charge in [0.2, 0.25) is 0 Å². The average molecular weight is 278 g/mol. The Kier molecular flexibility index (Phi) is 6.54. The largest absolute Gasteiger partial charge is 0.497 e. The first-order valence-electron chi connectivity index (χ1n) is 7.70. The maximum atomic E-state index is 10.9. The highest BCUT2D eigenvalue weighted by Crippen LogP contribution is 2.29. The Hall–Kier alpha value is -1.02. The first kappa shape index (κ1) is 17.0. The van der Waals surface area contributed by atoms with E-state index in [4.69, 9.17) is 4.74 Å². The van der Waals surface area contributed by atoms with Crippen molar-refractivity contribution in [2.24, 2.45) is 11.8 Å². The molecule has 20 heavy (non-hydrogen) atoms. The molecule has 0 aliphatic heterocycles. The Morgan fingerprint density at radius 3 is 1.90 bits per heavy atom. The standard InChI is InChI=1S/C18H30O2/c1-14(2)12-18(19,13-15(3)4)11-10-16-6-8-17(20-5)9-7-16/h6-9,14-15,19H,10-13H2,1-5H3. The molecule has 0 fully saturated rings. The van der Waals surface area contributed by atoms with Crippen molar-refractivity contribution >= 4 is 0 Å². The van der Waals surface area contributed by atoms with E-state index in [0.717, 1.165) is 31.4 Å². The number of aliphatic hydroxyl groups is 1. The summed E-state index contributed by atoms with van der Waals surface area (Å²) in [5, 5.41) is 10.9. The first-order chi connectivity index (χ1) is 9.34. The molecule has 0 aliphatic rings. The van der Waals surface area contributed by atoms with Gasteiger partial charge in [-0.2, -0.15) is 0 Å².